The number of hydrazine groups is 1. The van der Waals surface area contributed by atoms with E-state index in [1.165, 1.54) is 11.3 Å². The summed E-state index contributed by atoms with van der Waals surface area (Å²) in [6, 6.07) is 0. The van der Waals surface area contributed by atoms with Gasteiger partial charge in [-0.2, -0.15) is 0 Å². The number of amides is 1. The maximum Gasteiger partial charge on any atom is 0.238 e. The number of anilines is 1. The zero-order chi connectivity index (χ0) is 9.68. The molecule has 0 fully saturated rings. The number of nitrogens with zero attached hydrogens (tertiary/aromatic N) is 1. The van der Waals surface area contributed by atoms with Gasteiger partial charge in [0.2, 0.25) is 11.0 Å². The highest BCUT2D eigenvalue weighted by Crippen LogP contribution is 2.08. The van der Waals surface area contributed by atoms with Crippen LogP contribution in [0, 0.1) is 5.92 Å². The molecule has 0 radical (unpaired) electrons. The van der Waals surface area contributed by atoms with Crippen LogP contribution in [0.3, 0.4) is 0 Å². The molecule has 0 spiro atoms. The molecule has 1 aromatic rings. The average Bonchev–Trinajstić information content (AvgIpc) is 2.51. The van der Waals surface area contributed by atoms with Crippen molar-refractivity contribution in [1.29, 1.82) is 0 Å². The Hall–Kier alpha value is -1.10. The minimum atomic E-state index is -0.00907. The van der Waals surface area contributed by atoms with E-state index >= 15 is 0 Å². The summed E-state index contributed by atoms with van der Waals surface area (Å²) in [4.78, 5) is 15.1. The lowest BCUT2D eigenvalue weighted by Crippen LogP contribution is -2.29. The highest BCUT2D eigenvalue weighted by atomic mass is 32.1. The minimum Gasteiger partial charge on any atom is -0.273 e. The highest BCUT2D eigenvalue weighted by Gasteiger charge is 2.03. The summed E-state index contributed by atoms with van der Waals surface area (Å²) in [6.45, 7) is 4.01. The minimum absolute atomic E-state index is 0.00907. The number of carbonyl (C=O) groups is 1. The third-order valence-electron chi connectivity index (χ3n) is 1.33. The fourth-order valence-corrected chi connectivity index (χ4v) is 1.31. The van der Waals surface area contributed by atoms with Gasteiger partial charge in [0.1, 0.15) is 0 Å². The summed E-state index contributed by atoms with van der Waals surface area (Å²) >= 11 is 1.45. The van der Waals surface area contributed by atoms with Gasteiger partial charge in [-0.25, -0.2) is 4.98 Å². The first-order valence-electron chi connectivity index (χ1n) is 4.13. The van der Waals surface area contributed by atoms with Crippen molar-refractivity contribution in [1.82, 2.24) is 10.4 Å². The van der Waals surface area contributed by atoms with Crippen molar-refractivity contribution in [2.24, 2.45) is 5.92 Å². The van der Waals surface area contributed by atoms with E-state index in [0.29, 0.717) is 17.5 Å². The summed E-state index contributed by atoms with van der Waals surface area (Å²) < 4.78 is 0. The normalized spacial score (nSPS) is 10.1. The molecule has 4 nitrogen and oxygen atoms in total. The fraction of sp³-hybridized carbons (Fsp3) is 0.500. The zero-order valence-corrected chi connectivity index (χ0v) is 8.52. The van der Waals surface area contributed by atoms with Gasteiger partial charge >= 0.3 is 0 Å². The number of aromatic nitrogens is 1. The number of carbonyl (C=O) groups excluding carboxylic acids is 1. The Morgan fingerprint density at radius 3 is 3.00 bits per heavy atom. The number of hydrogen-bond donors (Lipinski definition) is 2. The Bertz CT molecular complexity index is 258. The molecule has 1 rings (SSSR count). The molecule has 0 saturated carbocycles. The third kappa shape index (κ3) is 3.89. The van der Waals surface area contributed by atoms with Crippen LogP contribution in [0.15, 0.2) is 11.6 Å². The lowest BCUT2D eigenvalue weighted by molar-refractivity contribution is -0.121. The van der Waals surface area contributed by atoms with E-state index in [0.717, 1.165) is 0 Å². The Labute approximate surface area is 81.3 Å². The van der Waals surface area contributed by atoms with E-state index in [1.807, 2.05) is 19.2 Å². The second-order valence-corrected chi connectivity index (χ2v) is 4.00. The van der Waals surface area contributed by atoms with Crippen molar-refractivity contribution >= 4 is 22.4 Å². The third-order valence-corrected chi connectivity index (χ3v) is 2.02. The summed E-state index contributed by atoms with van der Waals surface area (Å²) in [5, 5.41) is 2.55. The standard InChI is InChI=1S/C8H13N3OS/c1-6(2)5-7(12)10-11-8-9-3-4-13-8/h3-4,6H,5H2,1-2H3,(H,9,11)(H,10,12). The van der Waals surface area contributed by atoms with Gasteiger partial charge in [0.25, 0.3) is 0 Å². The van der Waals surface area contributed by atoms with Gasteiger partial charge in [-0.05, 0) is 5.92 Å². The molecule has 0 unspecified atom stereocenters. The van der Waals surface area contributed by atoms with Crippen LogP contribution in [0.1, 0.15) is 20.3 Å². The van der Waals surface area contributed by atoms with Crippen molar-refractivity contribution in [3.8, 4) is 0 Å². The van der Waals surface area contributed by atoms with Crippen LogP contribution in [0.2, 0.25) is 0 Å². The summed E-state index contributed by atoms with van der Waals surface area (Å²) in [7, 11) is 0. The lowest BCUT2D eigenvalue weighted by atomic mass is 10.1. The van der Waals surface area contributed by atoms with Gasteiger partial charge in [-0.1, -0.05) is 13.8 Å². The van der Waals surface area contributed by atoms with E-state index in [9.17, 15) is 4.79 Å². The second-order valence-electron chi connectivity index (χ2n) is 3.11. The predicted octanol–water partition coefficient (Wildman–Crippen LogP) is 1.63. The van der Waals surface area contributed by atoms with E-state index in [1.54, 1.807) is 6.20 Å². The highest BCUT2D eigenvalue weighted by molar-refractivity contribution is 7.13. The molecular formula is C8H13N3OS. The molecule has 2 N–H and O–H groups in total. The number of nitrogens with one attached hydrogen (secondary N) is 2. The summed E-state index contributed by atoms with van der Waals surface area (Å²) in [6.07, 6.45) is 2.21. The molecule has 0 bridgehead atoms. The van der Waals surface area contributed by atoms with Crippen LogP contribution in [0.25, 0.3) is 0 Å². The molecule has 1 aromatic heterocycles. The molecule has 0 aromatic carbocycles. The quantitative estimate of drug-likeness (QED) is 0.725. The van der Waals surface area contributed by atoms with E-state index in [-0.39, 0.29) is 5.91 Å². The molecule has 72 valence electrons. The maximum absolute atomic E-state index is 11.2. The van der Waals surface area contributed by atoms with Gasteiger partial charge in [0, 0.05) is 18.0 Å². The molecule has 0 aliphatic heterocycles. The van der Waals surface area contributed by atoms with Gasteiger partial charge in [0.15, 0.2) is 0 Å². The predicted molar refractivity (Wildman–Crippen MR) is 53.3 cm³/mol. The Kier molecular flexibility index (Phi) is 3.70. The first-order chi connectivity index (χ1) is 6.18. The fourth-order valence-electron chi connectivity index (χ4n) is 0.830. The number of rotatable bonds is 4. The Morgan fingerprint density at radius 1 is 1.69 bits per heavy atom. The van der Waals surface area contributed by atoms with Gasteiger partial charge in [0.05, 0.1) is 0 Å². The average molecular weight is 199 g/mol. The van der Waals surface area contributed by atoms with Crippen molar-refractivity contribution in [2.75, 3.05) is 5.43 Å². The molecule has 0 atom stereocenters. The van der Waals surface area contributed by atoms with E-state index in [2.05, 4.69) is 15.8 Å². The lowest BCUT2D eigenvalue weighted by Gasteiger charge is -2.06. The number of thiazole rings is 1. The van der Waals surface area contributed by atoms with Crippen molar-refractivity contribution in [2.45, 2.75) is 20.3 Å². The van der Waals surface area contributed by atoms with Crippen molar-refractivity contribution < 1.29 is 4.79 Å². The monoisotopic (exact) mass is 199 g/mol. The number of hydrogen-bond acceptors (Lipinski definition) is 4. The van der Waals surface area contributed by atoms with Crippen molar-refractivity contribution in [3.63, 3.8) is 0 Å². The van der Waals surface area contributed by atoms with Crippen LogP contribution in [-0.4, -0.2) is 10.9 Å². The smallest absolute Gasteiger partial charge is 0.238 e. The van der Waals surface area contributed by atoms with Gasteiger partial charge in [-0.15, -0.1) is 11.3 Å². The van der Waals surface area contributed by atoms with E-state index in [4.69, 9.17) is 0 Å². The van der Waals surface area contributed by atoms with Crippen molar-refractivity contribution in [3.05, 3.63) is 11.6 Å². The second kappa shape index (κ2) is 4.81. The van der Waals surface area contributed by atoms with Crippen LogP contribution < -0.4 is 10.9 Å². The molecule has 0 aliphatic carbocycles. The molecule has 1 amide bonds. The molecule has 0 aliphatic rings. The summed E-state index contributed by atoms with van der Waals surface area (Å²) in [5.41, 5.74) is 5.31. The van der Waals surface area contributed by atoms with Crippen LogP contribution in [0.5, 0.6) is 0 Å². The molecule has 0 saturated heterocycles. The summed E-state index contributed by atoms with van der Waals surface area (Å²) in [5.74, 6) is 0.364. The SMILES string of the molecule is CC(C)CC(=O)NNc1nccs1. The van der Waals surface area contributed by atoms with Crippen LogP contribution in [0.4, 0.5) is 5.13 Å². The molecule has 1 heterocycles. The molecule has 5 heteroatoms. The Morgan fingerprint density at radius 2 is 2.46 bits per heavy atom. The van der Waals surface area contributed by atoms with Gasteiger partial charge < -0.3 is 0 Å². The van der Waals surface area contributed by atoms with Crippen LogP contribution >= 0.6 is 11.3 Å². The van der Waals surface area contributed by atoms with Gasteiger partial charge in [-0.3, -0.25) is 15.6 Å². The topological polar surface area (TPSA) is 54.0 Å². The van der Waals surface area contributed by atoms with E-state index < -0.39 is 0 Å². The zero-order valence-electron chi connectivity index (χ0n) is 7.70. The van der Waals surface area contributed by atoms with Crippen LogP contribution in [-0.2, 0) is 4.79 Å². The first-order valence-corrected chi connectivity index (χ1v) is 5.01. The Balaban J connectivity index is 2.23. The first kappa shape index (κ1) is 9.98. The largest absolute Gasteiger partial charge is 0.273 e. The molecular weight excluding hydrogens is 186 g/mol. The molecule has 13 heavy (non-hydrogen) atoms. The maximum atomic E-state index is 11.2.